The van der Waals surface area contributed by atoms with Gasteiger partial charge in [-0.05, 0) is 29.8 Å². The molecule has 0 radical (unpaired) electrons. The molecule has 10 heteroatoms. The second-order valence-corrected chi connectivity index (χ2v) is 8.89. The number of nitrogens with zero attached hydrogens (tertiary/aromatic N) is 7. The van der Waals surface area contributed by atoms with Gasteiger partial charge in [-0.2, -0.15) is 0 Å². The van der Waals surface area contributed by atoms with E-state index in [0.29, 0.717) is 52.2 Å². The first-order chi connectivity index (χ1) is 17.5. The highest BCUT2D eigenvalue weighted by atomic mass is 19.1. The molecular formula is C26H23F2N7O. The van der Waals surface area contributed by atoms with Gasteiger partial charge in [-0.25, -0.2) is 33.7 Å². The molecule has 0 aliphatic carbocycles. The van der Waals surface area contributed by atoms with E-state index in [-0.39, 0.29) is 5.56 Å². The molecule has 1 aliphatic heterocycles. The van der Waals surface area contributed by atoms with Crippen molar-refractivity contribution < 1.29 is 13.5 Å². The minimum absolute atomic E-state index is 0.205. The topological polar surface area (TPSA) is 81.8 Å². The molecule has 1 atom stereocenters. The maximum absolute atomic E-state index is 15.2. The summed E-state index contributed by atoms with van der Waals surface area (Å²) in [6, 6.07) is 8.26. The number of halogens is 2. The molecule has 0 N–H and O–H groups in total. The van der Waals surface area contributed by atoms with E-state index in [0.717, 1.165) is 24.8 Å². The van der Waals surface area contributed by atoms with Crippen LogP contribution in [-0.2, 0) is 11.8 Å². The van der Waals surface area contributed by atoms with Crippen molar-refractivity contribution in [2.75, 3.05) is 31.2 Å². The van der Waals surface area contributed by atoms with E-state index in [1.165, 1.54) is 18.7 Å². The Labute approximate surface area is 205 Å². The Balaban J connectivity index is 1.45. The van der Waals surface area contributed by atoms with Crippen molar-refractivity contribution in [3.63, 3.8) is 0 Å². The van der Waals surface area contributed by atoms with Crippen LogP contribution in [0.25, 0.3) is 33.3 Å². The Morgan fingerprint density at radius 3 is 2.56 bits per heavy atom. The maximum atomic E-state index is 15.2. The van der Waals surface area contributed by atoms with Crippen LogP contribution in [0.4, 0.5) is 14.5 Å². The molecule has 36 heavy (non-hydrogen) atoms. The van der Waals surface area contributed by atoms with Gasteiger partial charge in [0.25, 0.3) is 0 Å². The molecule has 6 rings (SSSR count). The number of morpholine rings is 1. The molecule has 4 heterocycles. The Bertz CT molecular complexity index is 1600. The molecule has 0 saturated carbocycles. The van der Waals surface area contributed by atoms with Crippen LogP contribution >= 0.6 is 0 Å². The number of hydrogen-bond donors (Lipinski definition) is 0. The van der Waals surface area contributed by atoms with E-state index in [4.69, 9.17) is 4.74 Å². The summed E-state index contributed by atoms with van der Waals surface area (Å²) in [5.74, 6) is -1.84. The first kappa shape index (κ1) is 22.4. The maximum Gasteiger partial charge on any atom is 0.163 e. The predicted octanol–water partition coefficient (Wildman–Crippen LogP) is 4.24. The van der Waals surface area contributed by atoms with Crippen LogP contribution in [0.3, 0.4) is 0 Å². The standard InChI is InChI=1S/C26H23F2N7O/c1-15(23-25-26(32-13-30-23)34(2)14-33-25)18-10-19(21(28)11-20(18)27)24-17-4-3-16(9-22(17)29-12-31-24)35-5-7-36-8-6-35/h3-4,9-15H,5-8H2,1-2H3. The summed E-state index contributed by atoms with van der Waals surface area (Å²) in [5, 5.41) is 0.688. The molecule has 1 unspecified atom stereocenters. The van der Waals surface area contributed by atoms with E-state index >= 15 is 8.78 Å². The molecule has 2 aromatic carbocycles. The quantitative estimate of drug-likeness (QED) is 0.375. The van der Waals surface area contributed by atoms with Crippen LogP contribution in [0.15, 0.2) is 49.3 Å². The molecule has 1 aliphatic rings. The fourth-order valence-electron chi connectivity index (χ4n) is 4.79. The Morgan fingerprint density at radius 1 is 0.917 bits per heavy atom. The van der Waals surface area contributed by atoms with Crippen LogP contribution in [0.1, 0.15) is 24.1 Å². The minimum atomic E-state index is -0.689. The Morgan fingerprint density at radius 2 is 1.72 bits per heavy atom. The lowest BCUT2D eigenvalue weighted by Crippen LogP contribution is -2.36. The summed E-state index contributed by atoms with van der Waals surface area (Å²) >= 11 is 0. The molecule has 5 aromatic rings. The summed E-state index contributed by atoms with van der Waals surface area (Å²) < 4.78 is 37.5. The predicted molar refractivity (Wildman–Crippen MR) is 132 cm³/mol. The number of imidazole rings is 1. The van der Waals surface area contributed by atoms with Gasteiger partial charge < -0.3 is 14.2 Å². The van der Waals surface area contributed by atoms with Crippen LogP contribution in [0, 0.1) is 11.6 Å². The van der Waals surface area contributed by atoms with E-state index in [2.05, 4.69) is 29.8 Å². The van der Waals surface area contributed by atoms with Crippen LogP contribution in [-0.4, -0.2) is 55.8 Å². The highest BCUT2D eigenvalue weighted by Gasteiger charge is 2.23. The number of benzene rings is 2. The number of rotatable bonds is 4. The monoisotopic (exact) mass is 487 g/mol. The van der Waals surface area contributed by atoms with Crippen molar-refractivity contribution in [2.45, 2.75) is 12.8 Å². The fourth-order valence-corrected chi connectivity index (χ4v) is 4.79. The third-order valence-electron chi connectivity index (χ3n) is 6.74. The van der Waals surface area contributed by atoms with Gasteiger partial charge in [0.15, 0.2) is 5.65 Å². The Kier molecular flexibility index (Phi) is 5.52. The number of aryl methyl sites for hydroxylation is 1. The molecule has 1 saturated heterocycles. The van der Waals surface area contributed by atoms with Crippen molar-refractivity contribution in [3.05, 3.63) is 72.2 Å². The second kappa shape index (κ2) is 8.87. The minimum Gasteiger partial charge on any atom is -0.378 e. The zero-order chi connectivity index (χ0) is 24.8. The summed E-state index contributed by atoms with van der Waals surface area (Å²) in [7, 11) is 1.83. The molecule has 8 nitrogen and oxygen atoms in total. The van der Waals surface area contributed by atoms with Gasteiger partial charge >= 0.3 is 0 Å². The molecule has 0 spiro atoms. The summed E-state index contributed by atoms with van der Waals surface area (Å²) in [4.78, 5) is 24.1. The molecule has 182 valence electrons. The normalized spacial score (nSPS) is 15.1. The van der Waals surface area contributed by atoms with Gasteiger partial charge in [-0.3, -0.25) is 0 Å². The number of fused-ring (bicyclic) bond motifs is 2. The lowest BCUT2D eigenvalue weighted by molar-refractivity contribution is 0.122. The van der Waals surface area contributed by atoms with Crippen molar-refractivity contribution in [2.24, 2.45) is 7.05 Å². The van der Waals surface area contributed by atoms with Gasteiger partial charge in [0.2, 0.25) is 0 Å². The second-order valence-electron chi connectivity index (χ2n) is 8.89. The molecule has 3 aromatic heterocycles. The van der Waals surface area contributed by atoms with E-state index in [1.54, 1.807) is 10.9 Å². The number of hydrogen-bond acceptors (Lipinski definition) is 7. The first-order valence-electron chi connectivity index (χ1n) is 11.7. The third kappa shape index (κ3) is 3.74. The van der Waals surface area contributed by atoms with Gasteiger partial charge in [0.05, 0.1) is 36.4 Å². The molecule has 0 bridgehead atoms. The van der Waals surface area contributed by atoms with Crippen molar-refractivity contribution in [3.8, 4) is 11.3 Å². The number of anilines is 1. The lowest BCUT2D eigenvalue weighted by Gasteiger charge is -2.29. The fraction of sp³-hybridized carbons (Fsp3) is 0.269. The summed E-state index contributed by atoms with van der Waals surface area (Å²) in [5.41, 5.74) is 4.42. The van der Waals surface area contributed by atoms with Gasteiger partial charge in [0, 0.05) is 48.8 Å². The average molecular weight is 488 g/mol. The van der Waals surface area contributed by atoms with Crippen LogP contribution in [0.5, 0.6) is 0 Å². The first-order valence-corrected chi connectivity index (χ1v) is 11.7. The van der Waals surface area contributed by atoms with E-state index in [1.807, 2.05) is 32.2 Å². The average Bonchev–Trinajstić information content (AvgIpc) is 3.29. The third-order valence-corrected chi connectivity index (χ3v) is 6.74. The van der Waals surface area contributed by atoms with Crippen molar-refractivity contribution in [1.82, 2.24) is 29.5 Å². The summed E-state index contributed by atoms with van der Waals surface area (Å²) in [6.07, 6.45) is 4.48. The van der Waals surface area contributed by atoms with Gasteiger partial charge in [-0.15, -0.1) is 0 Å². The van der Waals surface area contributed by atoms with Gasteiger partial charge in [0.1, 0.15) is 29.8 Å². The smallest absolute Gasteiger partial charge is 0.163 e. The van der Waals surface area contributed by atoms with E-state index in [9.17, 15) is 0 Å². The zero-order valence-corrected chi connectivity index (χ0v) is 19.8. The van der Waals surface area contributed by atoms with Crippen molar-refractivity contribution >= 4 is 27.8 Å². The number of ether oxygens (including phenoxy) is 1. The van der Waals surface area contributed by atoms with E-state index < -0.39 is 17.6 Å². The highest BCUT2D eigenvalue weighted by molar-refractivity contribution is 5.94. The van der Waals surface area contributed by atoms with Gasteiger partial charge in [-0.1, -0.05) is 6.92 Å². The Hall–Kier alpha value is -4.05. The summed E-state index contributed by atoms with van der Waals surface area (Å²) in [6.45, 7) is 4.76. The largest absolute Gasteiger partial charge is 0.378 e. The van der Waals surface area contributed by atoms with Crippen LogP contribution < -0.4 is 4.90 Å². The molecular weight excluding hydrogens is 464 g/mol. The van der Waals surface area contributed by atoms with Crippen LogP contribution in [0.2, 0.25) is 0 Å². The molecule has 1 fully saturated rings. The molecule has 0 amide bonds. The zero-order valence-electron chi connectivity index (χ0n) is 19.8. The van der Waals surface area contributed by atoms with Crippen molar-refractivity contribution in [1.29, 1.82) is 0 Å². The highest BCUT2D eigenvalue weighted by Crippen LogP contribution is 2.35. The SMILES string of the molecule is CC(c1cc(-c2ncnc3cc(N4CCOCC4)ccc23)c(F)cc1F)c1ncnc2c1ncn2C. The lowest BCUT2D eigenvalue weighted by atomic mass is 9.93. The number of aromatic nitrogens is 6.